The van der Waals surface area contributed by atoms with Gasteiger partial charge >= 0.3 is 0 Å². The molecule has 20 heavy (non-hydrogen) atoms. The minimum atomic E-state index is -0.625. The van der Waals surface area contributed by atoms with Gasteiger partial charge in [-0.25, -0.2) is 9.82 Å². The number of nitrogens with one attached hydrogen (secondary N) is 1. The zero-order valence-electron chi connectivity index (χ0n) is 11.5. The number of hydrazine groups is 1. The molecule has 0 aromatic carbocycles. The number of hydrogen-bond acceptors (Lipinski definition) is 5. The maximum atomic E-state index is 13.9. The van der Waals surface area contributed by atoms with Crippen LogP contribution in [0.25, 0.3) is 0 Å². The van der Waals surface area contributed by atoms with Crippen molar-refractivity contribution in [2.24, 2.45) is 5.84 Å². The number of hydrogen-bond donors (Lipinski definition) is 2. The van der Waals surface area contributed by atoms with Crippen molar-refractivity contribution in [3.63, 3.8) is 0 Å². The van der Waals surface area contributed by atoms with Gasteiger partial charge < -0.3 is 4.74 Å². The molecule has 2 aromatic heterocycles. The highest BCUT2D eigenvalue weighted by atomic mass is 19.1. The van der Waals surface area contributed by atoms with Crippen LogP contribution < -0.4 is 16.0 Å². The summed E-state index contributed by atoms with van der Waals surface area (Å²) in [6.07, 6.45) is 4.01. The van der Waals surface area contributed by atoms with Gasteiger partial charge in [0.1, 0.15) is 23.2 Å². The molecule has 0 spiro atoms. The molecular formula is C13H18FN5O. The Kier molecular flexibility index (Phi) is 4.65. The van der Waals surface area contributed by atoms with Gasteiger partial charge in [0, 0.05) is 12.7 Å². The first-order valence-electron chi connectivity index (χ1n) is 6.39. The van der Waals surface area contributed by atoms with Gasteiger partial charge in [-0.15, -0.1) is 0 Å². The second-order valence-electron chi connectivity index (χ2n) is 4.29. The summed E-state index contributed by atoms with van der Waals surface area (Å²) in [4.78, 5) is 4.07. The predicted molar refractivity (Wildman–Crippen MR) is 72.4 cm³/mol. The Morgan fingerprint density at radius 2 is 2.35 bits per heavy atom. The largest absolute Gasteiger partial charge is 0.493 e. The zero-order valence-corrected chi connectivity index (χ0v) is 11.5. The van der Waals surface area contributed by atoms with Gasteiger partial charge in [0.15, 0.2) is 5.75 Å². The predicted octanol–water partition coefficient (Wildman–Crippen LogP) is 1.39. The summed E-state index contributed by atoms with van der Waals surface area (Å²) in [5, 5.41) is 4.25. The van der Waals surface area contributed by atoms with Crippen LogP contribution in [0.5, 0.6) is 5.75 Å². The molecule has 0 fully saturated rings. The molecule has 2 heterocycles. The molecule has 1 atom stereocenters. The number of halogens is 1. The van der Waals surface area contributed by atoms with Crippen LogP contribution in [0.15, 0.2) is 24.5 Å². The Morgan fingerprint density at radius 1 is 1.55 bits per heavy atom. The van der Waals surface area contributed by atoms with Crippen molar-refractivity contribution in [3.8, 4) is 5.75 Å². The first kappa shape index (κ1) is 14.4. The van der Waals surface area contributed by atoms with Crippen molar-refractivity contribution >= 4 is 0 Å². The van der Waals surface area contributed by atoms with Crippen molar-refractivity contribution in [1.29, 1.82) is 0 Å². The van der Waals surface area contributed by atoms with Crippen LogP contribution in [0, 0.1) is 5.82 Å². The normalized spacial score (nSPS) is 12.4. The Hall–Kier alpha value is -1.99. The van der Waals surface area contributed by atoms with E-state index in [9.17, 15) is 4.39 Å². The van der Waals surface area contributed by atoms with Gasteiger partial charge in [-0.3, -0.25) is 15.5 Å². The molecule has 0 aliphatic rings. The number of ether oxygens (including phenoxy) is 1. The van der Waals surface area contributed by atoms with Gasteiger partial charge in [-0.05, 0) is 18.6 Å². The van der Waals surface area contributed by atoms with E-state index in [2.05, 4.69) is 15.5 Å². The fourth-order valence-electron chi connectivity index (χ4n) is 2.11. The van der Waals surface area contributed by atoms with Crippen molar-refractivity contribution < 1.29 is 9.13 Å². The Labute approximate surface area is 116 Å². The quantitative estimate of drug-likeness (QED) is 0.617. The molecule has 108 valence electrons. The number of methoxy groups -OCH3 is 1. The summed E-state index contributed by atoms with van der Waals surface area (Å²) in [7, 11) is 1.54. The molecule has 7 heteroatoms. The van der Waals surface area contributed by atoms with Crippen molar-refractivity contribution in [3.05, 3.63) is 41.7 Å². The Balaban J connectivity index is 2.51. The molecule has 0 amide bonds. The average Bonchev–Trinajstić information content (AvgIpc) is 2.85. The lowest BCUT2D eigenvalue weighted by atomic mass is 10.1. The molecule has 2 aromatic rings. The number of aryl methyl sites for hydroxylation is 1. The number of nitrogens with two attached hydrogens (primary N) is 1. The van der Waals surface area contributed by atoms with Crippen LogP contribution in [-0.4, -0.2) is 21.9 Å². The third kappa shape index (κ3) is 2.63. The highest BCUT2D eigenvalue weighted by Gasteiger charge is 2.26. The minimum Gasteiger partial charge on any atom is -0.493 e. The van der Waals surface area contributed by atoms with Crippen molar-refractivity contribution in [1.82, 2.24) is 20.2 Å². The van der Waals surface area contributed by atoms with E-state index in [1.807, 2.05) is 6.92 Å². The van der Waals surface area contributed by atoms with E-state index in [1.165, 1.54) is 18.3 Å². The molecule has 6 nitrogen and oxygen atoms in total. The average molecular weight is 279 g/mol. The SMILES string of the molecule is CCCn1ncc(OC)c1C(NN)c1ncccc1F. The number of pyridine rings is 1. The summed E-state index contributed by atoms with van der Waals surface area (Å²) >= 11 is 0. The number of aromatic nitrogens is 3. The first-order chi connectivity index (χ1) is 9.72. The standard InChI is InChI=1S/C13H18FN5O/c1-3-7-19-13(10(20-2)8-17-19)12(18-15)11-9(14)5-4-6-16-11/h4-6,8,12,18H,3,7,15H2,1-2H3. The highest BCUT2D eigenvalue weighted by molar-refractivity contribution is 5.34. The van der Waals surface area contributed by atoms with E-state index in [4.69, 9.17) is 10.6 Å². The molecule has 0 saturated heterocycles. The third-order valence-electron chi connectivity index (χ3n) is 3.00. The van der Waals surface area contributed by atoms with E-state index in [0.717, 1.165) is 6.42 Å². The fourth-order valence-corrected chi connectivity index (χ4v) is 2.11. The van der Waals surface area contributed by atoms with Crippen LogP contribution in [0.4, 0.5) is 4.39 Å². The summed E-state index contributed by atoms with van der Waals surface area (Å²) in [6, 6.07) is 2.26. The van der Waals surface area contributed by atoms with Crippen LogP contribution in [0.2, 0.25) is 0 Å². The van der Waals surface area contributed by atoms with E-state index in [-0.39, 0.29) is 5.69 Å². The third-order valence-corrected chi connectivity index (χ3v) is 3.00. The fraction of sp³-hybridized carbons (Fsp3) is 0.385. The smallest absolute Gasteiger partial charge is 0.162 e. The van der Waals surface area contributed by atoms with Gasteiger partial charge in [0.2, 0.25) is 0 Å². The lowest BCUT2D eigenvalue weighted by molar-refractivity contribution is 0.395. The molecule has 1 unspecified atom stereocenters. The monoisotopic (exact) mass is 279 g/mol. The van der Waals surface area contributed by atoms with E-state index in [1.54, 1.807) is 18.0 Å². The topological polar surface area (TPSA) is 78.0 Å². The molecule has 3 N–H and O–H groups in total. The maximum Gasteiger partial charge on any atom is 0.162 e. The van der Waals surface area contributed by atoms with Crippen molar-refractivity contribution in [2.75, 3.05) is 7.11 Å². The summed E-state index contributed by atoms with van der Waals surface area (Å²) < 4.78 is 21.0. The van der Waals surface area contributed by atoms with Crippen LogP contribution in [0.3, 0.4) is 0 Å². The van der Waals surface area contributed by atoms with E-state index >= 15 is 0 Å². The number of nitrogens with zero attached hydrogens (tertiary/aromatic N) is 3. The highest BCUT2D eigenvalue weighted by Crippen LogP contribution is 2.29. The summed E-state index contributed by atoms with van der Waals surface area (Å²) in [6.45, 7) is 2.72. The molecule has 0 bridgehead atoms. The lowest BCUT2D eigenvalue weighted by Gasteiger charge is -2.18. The van der Waals surface area contributed by atoms with Gasteiger partial charge in [-0.1, -0.05) is 6.92 Å². The van der Waals surface area contributed by atoms with Crippen LogP contribution in [0.1, 0.15) is 30.8 Å². The first-order valence-corrected chi connectivity index (χ1v) is 6.39. The van der Waals surface area contributed by atoms with Crippen LogP contribution in [-0.2, 0) is 6.54 Å². The summed E-state index contributed by atoms with van der Waals surface area (Å²) in [5.41, 5.74) is 3.47. The molecule has 0 saturated carbocycles. The summed E-state index contributed by atoms with van der Waals surface area (Å²) in [5.74, 6) is 5.72. The molecule has 0 aliphatic heterocycles. The Bertz CT molecular complexity index is 572. The molecular weight excluding hydrogens is 261 g/mol. The number of rotatable bonds is 6. The minimum absolute atomic E-state index is 0.214. The molecule has 2 rings (SSSR count). The van der Waals surface area contributed by atoms with E-state index < -0.39 is 11.9 Å². The van der Waals surface area contributed by atoms with Gasteiger partial charge in [0.05, 0.1) is 13.3 Å². The second-order valence-corrected chi connectivity index (χ2v) is 4.29. The molecule has 0 aliphatic carbocycles. The Morgan fingerprint density at radius 3 is 2.95 bits per heavy atom. The maximum absolute atomic E-state index is 13.9. The van der Waals surface area contributed by atoms with Crippen molar-refractivity contribution in [2.45, 2.75) is 25.9 Å². The zero-order chi connectivity index (χ0) is 14.5. The molecule has 0 radical (unpaired) electrons. The lowest BCUT2D eigenvalue weighted by Crippen LogP contribution is -2.32. The second kappa shape index (κ2) is 6.44. The van der Waals surface area contributed by atoms with E-state index in [0.29, 0.717) is 18.0 Å². The van der Waals surface area contributed by atoms with Crippen LogP contribution >= 0.6 is 0 Å². The van der Waals surface area contributed by atoms with Gasteiger partial charge in [0.25, 0.3) is 0 Å². The van der Waals surface area contributed by atoms with Gasteiger partial charge in [-0.2, -0.15) is 5.10 Å².